The van der Waals surface area contributed by atoms with Crippen LogP contribution in [-0.4, -0.2) is 50.5 Å². The standard InChI is InChI=1S/C31H38BrN3O4S/c1-4-18-33-31(37)29(22-25-12-6-5-7-13-25)34(23-26-14-9-15-27(32)21-26)30(36)17-10-19-35(40(3,38)39)28-16-8-11-24(2)20-28/h5-9,11-16,20-21,29H,4,10,17-19,22-23H2,1-3H3,(H,33,37)/t29-/m0/s1. The molecule has 0 radical (unpaired) electrons. The summed E-state index contributed by atoms with van der Waals surface area (Å²) >= 11 is 3.50. The summed E-state index contributed by atoms with van der Waals surface area (Å²) < 4.78 is 27.4. The van der Waals surface area contributed by atoms with Crippen molar-refractivity contribution in [1.29, 1.82) is 0 Å². The van der Waals surface area contributed by atoms with Crippen LogP contribution >= 0.6 is 15.9 Å². The number of hydrogen-bond donors (Lipinski definition) is 1. The quantitative estimate of drug-likeness (QED) is 0.257. The second-order valence-electron chi connectivity index (χ2n) is 9.93. The number of amides is 2. The van der Waals surface area contributed by atoms with Crippen LogP contribution in [0.4, 0.5) is 5.69 Å². The number of anilines is 1. The first kappa shape index (κ1) is 31.4. The van der Waals surface area contributed by atoms with Gasteiger partial charge in [0, 0.05) is 36.9 Å². The van der Waals surface area contributed by atoms with Crippen molar-refractivity contribution in [3.63, 3.8) is 0 Å². The summed E-state index contributed by atoms with van der Waals surface area (Å²) in [5, 5.41) is 2.98. The molecule has 0 aliphatic carbocycles. The fourth-order valence-corrected chi connectivity index (χ4v) is 5.94. The van der Waals surface area contributed by atoms with Gasteiger partial charge < -0.3 is 10.2 Å². The summed E-state index contributed by atoms with van der Waals surface area (Å²) in [6.45, 7) is 4.82. The van der Waals surface area contributed by atoms with Gasteiger partial charge >= 0.3 is 0 Å². The Labute approximate surface area is 246 Å². The fraction of sp³-hybridized carbons (Fsp3) is 0.355. The van der Waals surface area contributed by atoms with Gasteiger partial charge in [-0.2, -0.15) is 0 Å². The Morgan fingerprint density at radius 1 is 0.950 bits per heavy atom. The van der Waals surface area contributed by atoms with Crippen molar-refractivity contribution < 1.29 is 18.0 Å². The molecule has 214 valence electrons. The summed E-state index contributed by atoms with van der Waals surface area (Å²) in [6.07, 6.45) is 2.73. The predicted molar refractivity (Wildman–Crippen MR) is 165 cm³/mol. The molecule has 40 heavy (non-hydrogen) atoms. The van der Waals surface area contributed by atoms with Crippen LogP contribution in [-0.2, 0) is 32.6 Å². The molecule has 7 nitrogen and oxygen atoms in total. The molecule has 0 saturated heterocycles. The Morgan fingerprint density at radius 3 is 2.30 bits per heavy atom. The van der Waals surface area contributed by atoms with Crippen LogP contribution in [0.15, 0.2) is 83.3 Å². The van der Waals surface area contributed by atoms with E-state index in [1.807, 2.05) is 86.6 Å². The molecule has 0 fully saturated rings. The third kappa shape index (κ3) is 9.48. The Balaban J connectivity index is 1.87. The van der Waals surface area contributed by atoms with Gasteiger partial charge in [0.25, 0.3) is 0 Å². The summed E-state index contributed by atoms with van der Waals surface area (Å²) in [4.78, 5) is 28.9. The number of halogens is 1. The minimum absolute atomic E-state index is 0.0954. The molecule has 0 unspecified atom stereocenters. The Bertz CT molecular complexity index is 1380. The van der Waals surface area contributed by atoms with Gasteiger partial charge in [0.15, 0.2) is 0 Å². The molecule has 3 aromatic carbocycles. The van der Waals surface area contributed by atoms with E-state index in [1.54, 1.807) is 11.0 Å². The normalized spacial score (nSPS) is 12.0. The van der Waals surface area contributed by atoms with E-state index in [9.17, 15) is 18.0 Å². The number of nitrogens with one attached hydrogen (secondary N) is 1. The summed E-state index contributed by atoms with van der Waals surface area (Å²) in [7, 11) is -3.55. The first-order chi connectivity index (χ1) is 19.1. The van der Waals surface area contributed by atoms with Gasteiger partial charge in [-0.3, -0.25) is 13.9 Å². The highest BCUT2D eigenvalue weighted by atomic mass is 79.9. The van der Waals surface area contributed by atoms with Gasteiger partial charge in [-0.25, -0.2) is 8.42 Å². The highest BCUT2D eigenvalue weighted by molar-refractivity contribution is 9.10. The van der Waals surface area contributed by atoms with Crippen LogP contribution in [0, 0.1) is 6.92 Å². The van der Waals surface area contributed by atoms with Gasteiger partial charge in [0.05, 0.1) is 11.9 Å². The molecule has 1 N–H and O–H groups in total. The van der Waals surface area contributed by atoms with E-state index in [-0.39, 0.29) is 31.3 Å². The van der Waals surface area contributed by atoms with E-state index in [1.165, 1.54) is 10.6 Å². The zero-order valence-corrected chi connectivity index (χ0v) is 25.7. The Kier molecular flexibility index (Phi) is 11.8. The number of hydrogen-bond acceptors (Lipinski definition) is 4. The van der Waals surface area contributed by atoms with Crippen LogP contribution in [0.3, 0.4) is 0 Å². The molecule has 2 amide bonds. The summed E-state index contributed by atoms with van der Waals surface area (Å²) in [6, 6.07) is 23.9. The van der Waals surface area contributed by atoms with Gasteiger partial charge in [-0.15, -0.1) is 0 Å². The summed E-state index contributed by atoms with van der Waals surface area (Å²) in [5.74, 6) is -0.406. The molecular weight excluding hydrogens is 590 g/mol. The number of carbonyl (C=O) groups is 2. The second kappa shape index (κ2) is 15.0. The van der Waals surface area contributed by atoms with Gasteiger partial charge in [0.1, 0.15) is 6.04 Å². The molecule has 0 saturated carbocycles. The van der Waals surface area contributed by atoms with E-state index in [0.717, 1.165) is 27.6 Å². The molecule has 0 heterocycles. The van der Waals surface area contributed by atoms with Crippen LogP contribution < -0.4 is 9.62 Å². The number of sulfonamides is 1. The van der Waals surface area contributed by atoms with Crippen LogP contribution in [0.25, 0.3) is 0 Å². The van der Waals surface area contributed by atoms with E-state index < -0.39 is 16.1 Å². The van der Waals surface area contributed by atoms with Crippen molar-refractivity contribution in [1.82, 2.24) is 10.2 Å². The van der Waals surface area contributed by atoms with Crippen molar-refractivity contribution in [3.05, 3.63) is 100 Å². The highest BCUT2D eigenvalue weighted by Gasteiger charge is 2.30. The maximum absolute atomic E-state index is 13.8. The van der Waals surface area contributed by atoms with Crippen molar-refractivity contribution in [2.45, 2.75) is 52.1 Å². The smallest absolute Gasteiger partial charge is 0.243 e. The SMILES string of the molecule is CCCNC(=O)[C@H](Cc1ccccc1)N(Cc1cccc(Br)c1)C(=O)CCCN(c1cccc(C)c1)S(C)(=O)=O. The first-order valence-corrected chi connectivity index (χ1v) is 16.1. The number of aryl methyl sites for hydroxylation is 1. The van der Waals surface area contributed by atoms with Gasteiger partial charge in [0.2, 0.25) is 21.8 Å². The lowest BCUT2D eigenvalue weighted by Crippen LogP contribution is -2.50. The topological polar surface area (TPSA) is 86.8 Å². The molecule has 9 heteroatoms. The van der Waals surface area contributed by atoms with E-state index >= 15 is 0 Å². The molecule has 0 aliphatic heterocycles. The van der Waals surface area contributed by atoms with Crippen molar-refractivity contribution in [2.75, 3.05) is 23.7 Å². The maximum Gasteiger partial charge on any atom is 0.243 e. The van der Waals surface area contributed by atoms with E-state index in [2.05, 4.69) is 21.2 Å². The average Bonchev–Trinajstić information content (AvgIpc) is 2.91. The Hall–Kier alpha value is -3.17. The summed E-state index contributed by atoms with van der Waals surface area (Å²) in [5.41, 5.74) is 3.36. The molecule has 0 aliphatic rings. The lowest BCUT2D eigenvalue weighted by Gasteiger charge is -2.32. The maximum atomic E-state index is 13.8. The zero-order valence-electron chi connectivity index (χ0n) is 23.3. The van der Waals surface area contributed by atoms with Crippen molar-refractivity contribution in [3.8, 4) is 0 Å². The molecule has 0 spiro atoms. The molecule has 0 bridgehead atoms. The van der Waals surface area contributed by atoms with Crippen LogP contribution in [0.1, 0.15) is 42.9 Å². The third-order valence-corrected chi connectivity index (χ3v) is 8.19. The predicted octanol–water partition coefficient (Wildman–Crippen LogP) is 5.47. The third-order valence-electron chi connectivity index (χ3n) is 6.50. The van der Waals surface area contributed by atoms with Crippen molar-refractivity contribution in [2.24, 2.45) is 0 Å². The largest absolute Gasteiger partial charge is 0.354 e. The number of benzene rings is 3. The molecule has 3 rings (SSSR count). The minimum Gasteiger partial charge on any atom is -0.354 e. The van der Waals surface area contributed by atoms with E-state index in [0.29, 0.717) is 25.1 Å². The first-order valence-electron chi connectivity index (χ1n) is 13.5. The van der Waals surface area contributed by atoms with Gasteiger partial charge in [-0.05, 0) is 60.7 Å². The number of nitrogens with zero attached hydrogens (tertiary/aromatic N) is 2. The van der Waals surface area contributed by atoms with Crippen molar-refractivity contribution >= 4 is 43.5 Å². The molecule has 3 aromatic rings. The molecule has 0 aromatic heterocycles. The lowest BCUT2D eigenvalue weighted by atomic mass is 10.0. The van der Waals surface area contributed by atoms with E-state index in [4.69, 9.17) is 0 Å². The average molecular weight is 629 g/mol. The number of rotatable bonds is 14. The minimum atomic E-state index is -3.55. The van der Waals surface area contributed by atoms with Crippen LogP contribution in [0.5, 0.6) is 0 Å². The number of carbonyl (C=O) groups excluding carboxylic acids is 2. The zero-order chi connectivity index (χ0) is 29.1. The fourth-order valence-electron chi connectivity index (χ4n) is 4.54. The second-order valence-corrected chi connectivity index (χ2v) is 12.7. The highest BCUT2D eigenvalue weighted by Crippen LogP contribution is 2.22. The Morgan fingerprint density at radius 2 is 1.65 bits per heavy atom. The molecule has 1 atom stereocenters. The van der Waals surface area contributed by atoms with Gasteiger partial charge in [-0.1, -0.05) is 77.5 Å². The van der Waals surface area contributed by atoms with Crippen LogP contribution in [0.2, 0.25) is 0 Å². The lowest BCUT2D eigenvalue weighted by molar-refractivity contribution is -0.141. The monoisotopic (exact) mass is 627 g/mol. The molecular formula is C31H38BrN3O4S.